The molecule has 7 heteroatoms. The van der Waals surface area contributed by atoms with E-state index in [0.717, 1.165) is 36.7 Å². The average molecular weight is 365 g/mol. The maximum Gasteiger partial charge on any atom is 0.315 e. The van der Waals surface area contributed by atoms with Crippen molar-refractivity contribution in [2.24, 2.45) is 0 Å². The largest absolute Gasteiger partial charge is 0.481 e. The third-order valence-electron chi connectivity index (χ3n) is 4.18. The molecule has 1 heterocycles. The number of carboxylic acids is 1. The molecule has 0 saturated carbocycles. The van der Waals surface area contributed by atoms with Gasteiger partial charge >= 0.3 is 12.0 Å². The standard InChI is InChI=1S/C18H27N3O3S/c22-17(23)7-6-16(14-15-4-2-1-3-5-15)20-18(24)19-8-9-21-10-12-25-13-11-21/h1-5,16H,6-14H2,(H,22,23)(H2,19,20,24). The molecule has 1 fully saturated rings. The van der Waals surface area contributed by atoms with Crippen molar-refractivity contribution >= 4 is 23.8 Å². The molecule has 1 aliphatic rings. The summed E-state index contributed by atoms with van der Waals surface area (Å²) in [5, 5.41) is 14.7. The van der Waals surface area contributed by atoms with Gasteiger partial charge in [-0.3, -0.25) is 9.69 Å². The number of benzene rings is 1. The molecule has 0 spiro atoms. The number of carbonyl (C=O) groups is 2. The minimum absolute atomic E-state index is 0.0449. The zero-order chi connectivity index (χ0) is 17.9. The van der Waals surface area contributed by atoms with E-state index in [4.69, 9.17) is 5.11 Å². The second-order valence-corrected chi connectivity index (χ2v) is 7.40. The van der Waals surface area contributed by atoms with Crippen LogP contribution in [0.25, 0.3) is 0 Å². The van der Waals surface area contributed by atoms with Gasteiger partial charge in [-0.2, -0.15) is 11.8 Å². The van der Waals surface area contributed by atoms with Gasteiger partial charge in [-0.1, -0.05) is 30.3 Å². The smallest absolute Gasteiger partial charge is 0.315 e. The normalized spacial score (nSPS) is 16.2. The van der Waals surface area contributed by atoms with Crippen LogP contribution in [0.4, 0.5) is 4.79 Å². The summed E-state index contributed by atoms with van der Waals surface area (Å²) in [7, 11) is 0. The van der Waals surface area contributed by atoms with Gasteiger partial charge in [0.05, 0.1) is 0 Å². The lowest BCUT2D eigenvalue weighted by atomic mass is 10.0. The van der Waals surface area contributed by atoms with Gasteiger partial charge < -0.3 is 15.7 Å². The molecule has 1 aliphatic heterocycles. The summed E-state index contributed by atoms with van der Waals surface area (Å²) in [5.41, 5.74) is 1.09. The Morgan fingerprint density at radius 3 is 2.60 bits per heavy atom. The number of carbonyl (C=O) groups excluding carboxylic acids is 1. The van der Waals surface area contributed by atoms with Gasteiger partial charge in [0, 0.05) is 50.1 Å². The number of aliphatic carboxylic acids is 1. The van der Waals surface area contributed by atoms with E-state index in [9.17, 15) is 9.59 Å². The van der Waals surface area contributed by atoms with Crippen LogP contribution in [0, 0.1) is 0 Å². The minimum atomic E-state index is -0.844. The van der Waals surface area contributed by atoms with Crippen LogP contribution in [-0.2, 0) is 11.2 Å². The maximum atomic E-state index is 12.1. The van der Waals surface area contributed by atoms with Gasteiger partial charge in [0.1, 0.15) is 0 Å². The molecule has 2 amide bonds. The highest BCUT2D eigenvalue weighted by molar-refractivity contribution is 7.99. The zero-order valence-corrected chi connectivity index (χ0v) is 15.3. The van der Waals surface area contributed by atoms with Crippen LogP contribution in [0.1, 0.15) is 18.4 Å². The molecule has 0 aliphatic carbocycles. The van der Waals surface area contributed by atoms with Crippen molar-refractivity contribution < 1.29 is 14.7 Å². The number of amides is 2. The van der Waals surface area contributed by atoms with E-state index in [1.807, 2.05) is 42.1 Å². The molecule has 0 radical (unpaired) electrons. The van der Waals surface area contributed by atoms with E-state index in [0.29, 0.717) is 19.4 Å². The van der Waals surface area contributed by atoms with Crippen LogP contribution in [0.2, 0.25) is 0 Å². The third-order valence-corrected chi connectivity index (χ3v) is 5.13. The van der Waals surface area contributed by atoms with E-state index >= 15 is 0 Å². The van der Waals surface area contributed by atoms with Crippen LogP contribution in [0.15, 0.2) is 30.3 Å². The van der Waals surface area contributed by atoms with Gasteiger partial charge in [-0.05, 0) is 18.4 Å². The Balaban J connectivity index is 1.75. The molecule has 6 nitrogen and oxygen atoms in total. The molecular formula is C18H27N3O3S. The highest BCUT2D eigenvalue weighted by atomic mass is 32.2. The first-order chi connectivity index (χ1) is 12.1. The lowest BCUT2D eigenvalue weighted by Gasteiger charge is -2.26. The third kappa shape index (κ3) is 8.27. The number of rotatable bonds is 9. The quantitative estimate of drug-likeness (QED) is 0.622. The Bertz CT molecular complexity index is 536. The van der Waals surface area contributed by atoms with Crippen LogP contribution in [0.5, 0.6) is 0 Å². The van der Waals surface area contributed by atoms with Crippen molar-refractivity contribution in [3.05, 3.63) is 35.9 Å². The Morgan fingerprint density at radius 2 is 1.92 bits per heavy atom. The van der Waals surface area contributed by atoms with Gasteiger partial charge in [0.15, 0.2) is 0 Å². The molecule has 0 bridgehead atoms. The van der Waals surface area contributed by atoms with Gasteiger partial charge in [0.25, 0.3) is 0 Å². The Labute approximate surface area is 153 Å². The molecule has 138 valence electrons. The molecule has 1 aromatic rings. The van der Waals surface area contributed by atoms with Crippen LogP contribution in [-0.4, -0.2) is 65.7 Å². The van der Waals surface area contributed by atoms with Crippen molar-refractivity contribution in [1.29, 1.82) is 0 Å². The molecule has 1 atom stereocenters. The summed E-state index contributed by atoms with van der Waals surface area (Å²) in [6, 6.07) is 9.39. The SMILES string of the molecule is O=C(O)CCC(Cc1ccccc1)NC(=O)NCCN1CCSCC1. The van der Waals surface area contributed by atoms with Gasteiger partial charge in [-0.15, -0.1) is 0 Å². The van der Waals surface area contributed by atoms with Crippen molar-refractivity contribution in [3.8, 4) is 0 Å². The van der Waals surface area contributed by atoms with E-state index in [-0.39, 0.29) is 18.5 Å². The molecule has 1 saturated heterocycles. The number of nitrogens with zero attached hydrogens (tertiary/aromatic N) is 1. The van der Waals surface area contributed by atoms with Crippen LogP contribution < -0.4 is 10.6 Å². The summed E-state index contributed by atoms with van der Waals surface area (Å²) in [4.78, 5) is 25.3. The van der Waals surface area contributed by atoms with Crippen molar-refractivity contribution in [1.82, 2.24) is 15.5 Å². The first kappa shape index (κ1) is 19.6. The lowest BCUT2D eigenvalue weighted by molar-refractivity contribution is -0.137. The molecule has 3 N–H and O–H groups in total. The number of urea groups is 1. The summed E-state index contributed by atoms with van der Waals surface area (Å²) in [6.45, 7) is 3.60. The average Bonchev–Trinajstić information content (AvgIpc) is 2.61. The molecule has 2 rings (SSSR count). The Hall–Kier alpha value is -1.73. The van der Waals surface area contributed by atoms with Crippen LogP contribution >= 0.6 is 11.8 Å². The fourth-order valence-electron chi connectivity index (χ4n) is 2.81. The topological polar surface area (TPSA) is 81.7 Å². The summed E-state index contributed by atoms with van der Waals surface area (Å²) in [6.07, 6.45) is 1.09. The van der Waals surface area contributed by atoms with Crippen molar-refractivity contribution in [3.63, 3.8) is 0 Å². The van der Waals surface area contributed by atoms with Gasteiger partial charge in [0.2, 0.25) is 0 Å². The first-order valence-electron chi connectivity index (χ1n) is 8.73. The molecule has 1 unspecified atom stereocenters. The number of hydrogen-bond donors (Lipinski definition) is 3. The molecule has 0 aromatic heterocycles. The Kier molecular flexibility index (Phi) is 8.62. The van der Waals surface area contributed by atoms with E-state index in [2.05, 4.69) is 15.5 Å². The number of nitrogens with one attached hydrogen (secondary N) is 2. The predicted molar refractivity (Wildman–Crippen MR) is 101 cm³/mol. The molecule has 25 heavy (non-hydrogen) atoms. The summed E-state index contributed by atoms with van der Waals surface area (Å²) < 4.78 is 0. The monoisotopic (exact) mass is 365 g/mol. The van der Waals surface area contributed by atoms with Crippen LogP contribution in [0.3, 0.4) is 0 Å². The highest BCUT2D eigenvalue weighted by Gasteiger charge is 2.15. The lowest BCUT2D eigenvalue weighted by Crippen LogP contribution is -2.46. The molecular weight excluding hydrogens is 338 g/mol. The Morgan fingerprint density at radius 1 is 1.20 bits per heavy atom. The van der Waals surface area contributed by atoms with Crippen molar-refractivity contribution in [2.75, 3.05) is 37.7 Å². The second-order valence-electron chi connectivity index (χ2n) is 6.17. The fourth-order valence-corrected chi connectivity index (χ4v) is 3.79. The molecule has 1 aromatic carbocycles. The fraction of sp³-hybridized carbons (Fsp3) is 0.556. The summed E-state index contributed by atoms with van der Waals surface area (Å²) >= 11 is 1.97. The minimum Gasteiger partial charge on any atom is -0.481 e. The summed E-state index contributed by atoms with van der Waals surface area (Å²) in [5.74, 6) is 1.46. The second kappa shape index (κ2) is 11.0. The van der Waals surface area contributed by atoms with Crippen molar-refractivity contribution in [2.45, 2.75) is 25.3 Å². The number of hydrogen-bond acceptors (Lipinski definition) is 4. The zero-order valence-electron chi connectivity index (χ0n) is 14.4. The van der Waals surface area contributed by atoms with E-state index in [1.165, 1.54) is 0 Å². The first-order valence-corrected chi connectivity index (χ1v) is 9.89. The number of carboxylic acid groups (broad SMARTS) is 1. The highest BCUT2D eigenvalue weighted by Crippen LogP contribution is 2.09. The van der Waals surface area contributed by atoms with E-state index in [1.54, 1.807) is 0 Å². The van der Waals surface area contributed by atoms with E-state index < -0.39 is 5.97 Å². The maximum absolute atomic E-state index is 12.1. The van der Waals surface area contributed by atoms with Gasteiger partial charge in [-0.25, -0.2) is 4.79 Å². The predicted octanol–water partition coefficient (Wildman–Crippen LogP) is 1.81. The number of thioether (sulfide) groups is 1.